The summed E-state index contributed by atoms with van der Waals surface area (Å²) in [6.07, 6.45) is -2.22. The van der Waals surface area contributed by atoms with E-state index < -0.39 is 24.7 Å². The van der Waals surface area contributed by atoms with Crippen molar-refractivity contribution >= 4 is 6.09 Å². The molecule has 36 heavy (non-hydrogen) atoms. The van der Waals surface area contributed by atoms with Gasteiger partial charge in [-0.2, -0.15) is 13.2 Å². The number of benzene rings is 2. The number of fused-ring (bicyclic) bond motifs is 4. The molecule has 3 fully saturated rings. The standard InChI is InChI=1S/C27H30F4N2O3/c1-26(2)13-19-9-17(18-10-20(28)12-21(11-18)35-15-27(29,30)31)3-4-22(19)24(26)32-25(34)36-23-14-33-7-5-16(23)6-8-33/h3-4,9-12,16,23-24H,5-8,13-15H2,1-2H3,(H,32,34)/t23-,24+/m1/s1. The number of carbonyl (C=O) groups excluding carboxylic acids is 1. The molecule has 5 nitrogen and oxygen atoms in total. The molecule has 1 amide bonds. The van der Waals surface area contributed by atoms with Crippen LogP contribution >= 0.6 is 0 Å². The molecular weight excluding hydrogens is 476 g/mol. The fraction of sp³-hybridized carbons (Fsp3) is 0.519. The van der Waals surface area contributed by atoms with E-state index in [0.717, 1.165) is 49.7 Å². The molecule has 9 heteroatoms. The topological polar surface area (TPSA) is 50.8 Å². The number of alkyl carbamates (subject to hydrolysis) is 1. The van der Waals surface area contributed by atoms with Crippen molar-refractivity contribution in [3.05, 3.63) is 53.3 Å². The molecule has 2 aromatic rings. The fourth-order valence-electron chi connectivity index (χ4n) is 5.82. The number of piperidine rings is 3. The van der Waals surface area contributed by atoms with Gasteiger partial charge in [0.15, 0.2) is 6.61 Å². The van der Waals surface area contributed by atoms with Gasteiger partial charge in [-0.15, -0.1) is 0 Å². The SMILES string of the molecule is CC1(C)Cc2cc(-c3cc(F)cc(OCC(F)(F)F)c3)ccc2[C@@H]1NC(=O)O[C@@H]1CN2CCC1CC2. The lowest BCUT2D eigenvalue weighted by molar-refractivity contribution is -0.153. The largest absolute Gasteiger partial charge is 0.484 e. The maximum absolute atomic E-state index is 14.2. The second-order valence-electron chi connectivity index (χ2n) is 10.8. The van der Waals surface area contributed by atoms with Gasteiger partial charge >= 0.3 is 12.3 Å². The monoisotopic (exact) mass is 506 g/mol. The normalized spacial score (nSPS) is 26.4. The number of nitrogens with zero attached hydrogens (tertiary/aromatic N) is 1. The van der Waals surface area contributed by atoms with Gasteiger partial charge in [0.2, 0.25) is 0 Å². The van der Waals surface area contributed by atoms with E-state index in [4.69, 9.17) is 9.47 Å². The first-order valence-corrected chi connectivity index (χ1v) is 12.3. The molecule has 2 bridgehead atoms. The Morgan fingerprint density at radius 3 is 2.53 bits per heavy atom. The summed E-state index contributed by atoms with van der Waals surface area (Å²) in [5.74, 6) is -0.442. The van der Waals surface area contributed by atoms with Crippen LogP contribution in [-0.4, -0.2) is 49.5 Å². The van der Waals surface area contributed by atoms with Crippen molar-refractivity contribution in [1.82, 2.24) is 10.2 Å². The van der Waals surface area contributed by atoms with E-state index in [0.29, 0.717) is 23.5 Å². The van der Waals surface area contributed by atoms with E-state index in [1.54, 1.807) is 6.07 Å². The van der Waals surface area contributed by atoms with Gasteiger partial charge in [-0.25, -0.2) is 9.18 Å². The van der Waals surface area contributed by atoms with Gasteiger partial charge in [-0.3, -0.25) is 4.90 Å². The Bertz CT molecular complexity index is 1140. The fourth-order valence-corrected chi connectivity index (χ4v) is 5.82. The minimum Gasteiger partial charge on any atom is -0.484 e. The summed E-state index contributed by atoms with van der Waals surface area (Å²) in [6.45, 7) is 5.57. The van der Waals surface area contributed by atoms with Crippen LogP contribution < -0.4 is 10.1 Å². The van der Waals surface area contributed by atoms with Crippen molar-refractivity contribution in [2.75, 3.05) is 26.2 Å². The van der Waals surface area contributed by atoms with Crippen LogP contribution in [0.4, 0.5) is 22.4 Å². The maximum atomic E-state index is 14.2. The summed E-state index contributed by atoms with van der Waals surface area (Å²) in [5, 5.41) is 3.07. The average molecular weight is 507 g/mol. The van der Waals surface area contributed by atoms with Gasteiger partial charge in [0, 0.05) is 12.6 Å². The van der Waals surface area contributed by atoms with Crippen LogP contribution in [-0.2, 0) is 11.2 Å². The van der Waals surface area contributed by atoms with E-state index in [1.807, 2.05) is 12.1 Å². The van der Waals surface area contributed by atoms with Gasteiger partial charge in [-0.1, -0.05) is 32.0 Å². The Labute approximate surface area is 207 Å². The second kappa shape index (κ2) is 9.25. The molecule has 3 heterocycles. The van der Waals surface area contributed by atoms with Crippen LogP contribution in [0.15, 0.2) is 36.4 Å². The van der Waals surface area contributed by atoms with Crippen molar-refractivity contribution < 1.29 is 31.8 Å². The lowest BCUT2D eigenvalue weighted by Crippen LogP contribution is -2.53. The minimum absolute atomic E-state index is 0.0828. The van der Waals surface area contributed by atoms with E-state index in [1.165, 1.54) is 12.1 Å². The zero-order valence-corrected chi connectivity index (χ0v) is 20.3. The first-order valence-electron chi connectivity index (χ1n) is 12.3. The summed E-state index contributed by atoms with van der Waals surface area (Å²) in [4.78, 5) is 15.2. The quantitative estimate of drug-likeness (QED) is 0.515. The van der Waals surface area contributed by atoms with Crippen LogP contribution in [0, 0.1) is 17.2 Å². The summed E-state index contributed by atoms with van der Waals surface area (Å²) in [7, 11) is 0. The van der Waals surface area contributed by atoms with E-state index in [2.05, 4.69) is 24.1 Å². The Morgan fingerprint density at radius 1 is 1.11 bits per heavy atom. The number of nitrogens with one attached hydrogen (secondary N) is 1. The number of ether oxygens (including phenoxy) is 2. The smallest absolute Gasteiger partial charge is 0.422 e. The lowest BCUT2D eigenvalue weighted by Gasteiger charge is -2.44. The van der Waals surface area contributed by atoms with Gasteiger partial charge in [0.05, 0.1) is 6.04 Å². The van der Waals surface area contributed by atoms with Crippen molar-refractivity contribution in [3.8, 4) is 16.9 Å². The van der Waals surface area contributed by atoms with Crippen LogP contribution in [0.25, 0.3) is 11.1 Å². The first kappa shape index (κ1) is 24.9. The number of halogens is 4. The molecule has 0 aromatic heterocycles. The predicted octanol–water partition coefficient (Wildman–Crippen LogP) is 5.88. The Balaban J connectivity index is 1.32. The molecule has 0 saturated carbocycles. The van der Waals surface area contributed by atoms with Gasteiger partial charge in [-0.05, 0) is 78.1 Å². The third kappa shape index (κ3) is 5.31. The molecule has 2 atom stereocenters. The first-order chi connectivity index (χ1) is 17.0. The Kier molecular flexibility index (Phi) is 6.39. The number of carbonyl (C=O) groups is 1. The van der Waals surface area contributed by atoms with E-state index in [-0.39, 0.29) is 23.3 Å². The van der Waals surface area contributed by atoms with Crippen molar-refractivity contribution in [3.63, 3.8) is 0 Å². The highest BCUT2D eigenvalue weighted by atomic mass is 19.4. The predicted molar refractivity (Wildman–Crippen MR) is 126 cm³/mol. The summed E-state index contributed by atoms with van der Waals surface area (Å²) in [6, 6.07) is 8.93. The van der Waals surface area contributed by atoms with E-state index >= 15 is 0 Å². The molecule has 1 N–H and O–H groups in total. The van der Waals surface area contributed by atoms with Crippen LogP contribution in [0.2, 0.25) is 0 Å². The van der Waals surface area contributed by atoms with Crippen molar-refractivity contribution in [2.45, 2.75) is 51.4 Å². The maximum Gasteiger partial charge on any atom is 0.422 e. The molecule has 0 spiro atoms. The third-order valence-corrected chi connectivity index (χ3v) is 7.61. The van der Waals surface area contributed by atoms with Gasteiger partial charge in [0.1, 0.15) is 17.7 Å². The number of rotatable bonds is 5. The second-order valence-corrected chi connectivity index (χ2v) is 10.8. The Hall–Kier alpha value is -2.81. The minimum atomic E-state index is -4.51. The highest BCUT2D eigenvalue weighted by Crippen LogP contribution is 2.46. The third-order valence-electron chi connectivity index (χ3n) is 7.61. The number of amides is 1. The van der Waals surface area contributed by atoms with Crippen molar-refractivity contribution in [1.29, 1.82) is 0 Å². The number of alkyl halides is 3. The molecule has 1 aliphatic carbocycles. The summed E-state index contributed by atoms with van der Waals surface area (Å²) >= 11 is 0. The molecule has 6 rings (SSSR count). The highest BCUT2D eigenvalue weighted by Gasteiger charge is 2.42. The average Bonchev–Trinajstić information content (AvgIpc) is 3.06. The zero-order valence-electron chi connectivity index (χ0n) is 20.3. The van der Waals surface area contributed by atoms with Crippen LogP contribution in [0.5, 0.6) is 5.75 Å². The van der Waals surface area contributed by atoms with Crippen LogP contribution in [0.1, 0.15) is 43.9 Å². The molecule has 2 aromatic carbocycles. The molecule has 0 unspecified atom stereocenters. The van der Waals surface area contributed by atoms with Gasteiger partial charge < -0.3 is 14.8 Å². The van der Waals surface area contributed by atoms with Crippen LogP contribution in [0.3, 0.4) is 0 Å². The summed E-state index contributed by atoms with van der Waals surface area (Å²) < 4.78 is 62.3. The summed E-state index contributed by atoms with van der Waals surface area (Å²) in [5.41, 5.74) is 2.76. The molecule has 3 aliphatic heterocycles. The van der Waals surface area contributed by atoms with Crippen molar-refractivity contribution in [2.24, 2.45) is 11.3 Å². The lowest BCUT2D eigenvalue weighted by atomic mass is 9.85. The zero-order chi connectivity index (χ0) is 25.7. The number of hydrogen-bond donors (Lipinski definition) is 1. The van der Waals surface area contributed by atoms with Gasteiger partial charge in [0.25, 0.3) is 0 Å². The highest BCUT2D eigenvalue weighted by molar-refractivity contribution is 5.70. The number of hydrogen-bond acceptors (Lipinski definition) is 4. The molecule has 4 aliphatic rings. The molecule has 0 radical (unpaired) electrons. The molecule has 194 valence electrons. The molecule has 3 saturated heterocycles. The van der Waals surface area contributed by atoms with E-state index in [9.17, 15) is 22.4 Å². The Morgan fingerprint density at radius 2 is 1.86 bits per heavy atom. The molecular formula is C27H30F4N2O3.